The fraction of sp³-hybridized carbons (Fsp3) is 0.500. The molecule has 1 unspecified atom stereocenters. The number of aromatic nitrogens is 1. The monoisotopic (exact) mass is 366 g/mol. The minimum absolute atomic E-state index is 0.110. The standard InChI is InChI=1S/C14H22N2O2.C4H4O4/c1-11(2)18-14-13(6-4-8-16-14)17-10-12-5-3-7-15-9-12;5-3(6)1-2-4(7)8/h4,6,8,11-12,15H,3,5,7,9-10H2,1-2H3;1-2H,(H,5,6)(H,7,8)/b;2-1+. The molecule has 1 aromatic heterocycles. The molecule has 0 saturated carbocycles. The zero-order chi connectivity index (χ0) is 19.4. The fourth-order valence-corrected chi connectivity index (χ4v) is 2.21. The average molecular weight is 366 g/mol. The molecule has 8 nitrogen and oxygen atoms in total. The Morgan fingerprint density at radius 3 is 2.58 bits per heavy atom. The van der Waals surface area contributed by atoms with Gasteiger partial charge in [0.05, 0.1) is 12.7 Å². The molecule has 3 N–H and O–H groups in total. The van der Waals surface area contributed by atoms with E-state index in [0.717, 1.165) is 25.4 Å². The van der Waals surface area contributed by atoms with E-state index in [4.69, 9.17) is 19.7 Å². The molecule has 0 aliphatic carbocycles. The minimum atomic E-state index is -1.26. The molecule has 1 atom stereocenters. The molecule has 0 bridgehead atoms. The summed E-state index contributed by atoms with van der Waals surface area (Å²) in [5.74, 6) is -0.585. The maximum Gasteiger partial charge on any atom is 0.328 e. The Labute approximate surface area is 152 Å². The second-order valence-electron chi connectivity index (χ2n) is 6.01. The van der Waals surface area contributed by atoms with Crippen LogP contribution in [0, 0.1) is 5.92 Å². The molecule has 1 saturated heterocycles. The molecule has 0 amide bonds. The zero-order valence-corrected chi connectivity index (χ0v) is 15.1. The van der Waals surface area contributed by atoms with E-state index >= 15 is 0 Å². The summed E-state index contributed by atoms with van der Waals surface area (Å²) < 4.78 is 11.5. The third-order valence-corrected chi connectivity index (χ3v) is 3.33. The van der Waals surface area contributed by atoms with E-state index in [9.17, 15) is 9.59 Å². The van der Waals surface area contributed by atoms with Gasteiger partial charge >= 0.3 is 11.9 Å². The van der Waals surface area contributed by atoms with E-state index < -0.39 is 11.9 Å². The highest BCUT2D eigenvalue weighted by atomic mass is 16.5. The van der Waals surface area contributed by atoms with E-state index in [1.54, 1.807) is 6.20 Å². The molecule has 2 rings (SSSR count). The number of hydrogen-bond acceptors (Lipinski definition) is 6. The van der Waals surface area contributed by atoms with Crippen LogP contribution in [0.5, 0.6) is 11.6 Å². The fourth-order valence-electron chi connectivity index (χ4n) is 2.21. The van der Waals surface area contributed by atoms with Crippen molar-refractivity contribution in [2.45, 2.75) is 32.8 Å². The number of carbonyl (C=O) groups is 2. The third kappa shape index (κ3) is 9.63. The average Bonchev–Trinajstić information content (AvgIpc) is 2.60. The topological polar surface area (TPSA) is 118 Å². The molecule has 8 heteroatoms. The van der Waals surface area contributed by atoms with Crippen molar-refractivity contribution in [3.05, 3.63) is 30.5 Å². The van der Waals surface area contributed by atoms with E-state index in [1.165, 1.54) is 12.8 Å². The van der Waals surface area contributed by atoms with Gasteiger partial charge in [-0.25, -0.2) is 14.6 Å². The molecule has 26 heavy (non-hydrogen) atoms. The first kappa shape index (κ1) is 21.4. The summed E-state index contributed by atoms with van der Waals surface area (Å²) in [6.07, 6.45) is 5.42. The SMILES string of the molecule is CC(C)Oc1ncccc1OCC1CCCNC1.O=C(O)/C=C/C(=O)O. The van der Waals surface area contributed by atoms with Gasteiger partial charge in [-0.1, -0.05) is 0 Å². The van der Waals surface area contributed by atoms with Gasteiger partial charge in [-0.05, 0) is 45.4 Å². The Hall–Kier alpha value is -2.61. The molecule has 0 spiro atoms. The summed E-state index contributed by atoms with van der Waals surface area (Å²) in [6.45, 7) is 6.88. The summed E-state index contributed by atoms with van der Waals surface area (Å²) in [5, 5.41) is 19.0. The zero-order valence-electron chi connectivity index (χ0n) is 15.1. The summed E-state index contributed by atoms with van der Waals surface area (Å²) in [5.41, 5.74) is 0. The molecule has 0 radical (unpaired) electrons. The number of carboxylic acid groups (broad SMARTS) is 2. The van der Waals surface area contributed by atoms with Crippen LogP contribution in [0.3, 0.4) is 0 Å². The lowest BCUT2D eigenvalue weighted by atomic mass is 10.0. The van der Waals surface area contributed by atoms with Crippen molar-refractivity contribution in [1.29, 1.82) is 0 Å². The maximum atomic E-state index is 9.55. The van der Waals surface area contributed by atoms with Gasteiger partial charge in [0.25, 0.3) is 5.88 Å². The number of hydrogen-bond donors (Lipinski definition) is 3. The second kappa shape index (κ2) is 11.9. The van der Waals surface area contributed by atoms with Gasteiger partial charge in [0, 0.05) is 30.8 Å². The van der Waals surface area contributed by atoms with Crippen LogP contribution in [-0.4, -0.2) is 52.9 Å². The number of aliphatic carboxylic acids is 2. The number of rotatable bonds is 7. The number of pyridine rings is 1. The number of nitrogens with zero attached hydrogens (tertiary/aromatic N) is 1. The van der Waals surface area contributed by atoms with Crippen LogP contribution in [0.4, 0.5) is 0 Å². The van der Waals surface area contributed by atoms with Crippen molar-refractivity contribution in [1.82, 2.24) is 10.3 Å². The Kier molecular flexibility index (Phi) is 9.78. The van der Waals surface area contributed by atoms with Gasteiger partial charge < -0.3 is 25.0 Å². The lowest BCUT2D eigenvalue weighted by Crippen LogP contribution is -2.33. The predicted molar refractivity (Wildman–Crippen MR) is 95.5 cm³/mol. The highest BCUT2D eigenvalue weighted by Crippen LogP contribution is 2.25. The lowest BCUT2D eigenvalue weighted by molar-refractivity contribution is -0.134. The van der Waals surface area contributed by atoms with Gasteiger partial charge in [0.1, 0.15) is 0 Å². The second-order valence-corrected chi connectivity index (χ2v) is 6.01. The van der Waals surface area contributed by atoms with Crippen molar-refractivity contribution in [3.63, 3.8) is 0 Å². The van der Waals surface area contributed by atoms with Crippen LogP contribution in [-0.2, 0) is 9.59 Å². The van der Waals surface area contributed by atoms with Crippen molar-refractivity contribution >= 4 is 11.9 Å². The van der Waals surface area contributed by atoms with Crippen LogP contribution in [0.1, 0.15) is 26.7 Å². The number of ether oxygens (including phenoxy) is 2. The van der Waals surface area contributed by atoms with Crippen LogP contribution in [0.15, 0.2) is 30.5 Å². The van der Waals surface area contributed by atoms with Crippen LogP contribution < -0.4 is 14.8 Å². The maximum absolute atomic E-state index is 9.55. The molecule has 1 aliphatic heterocycles. The first-order valence-electron chi connectivity index (χ1n) is 8.47. The van der Waals surface area contributed by atoms with Gasteiger partial charge in [0.2, 0.25) is 0 Å². The van der Waals surface area contributed by atoms with Gasteiger partial charge in [0.15, 0.2) is 5.75 Å². The molecule has 1 aromatic rings. The Balaban J connectivity index is 0.000000359. The molecular formula is C18H26N2O6. The predicted octanol–water partition coefficient (Wildman–Crippen LogP) is 1.96. The summed E-state index contributed by atoms with van der Waals surface area (Å²) in [7, 11) is 0. The van der Waals surface area contributed by atoms with Crippen LogP contribution in [0.2, 0.25) is 0 Å². The first-order chi connectivity index (χ1) is 12.4. The molecule has 0 aromatic carbocycles. The smallest absolute Gasteiger partial charge is 0.328 e. The Morgan fingerprint density at radius 1 is 1.35 bits per heavy atom. The van der Waals surface area contributed by atoms with E-state index in [2.05, 4.69) is 10.3 Å². The molecule has 1 fully saturated rings. The number of piperidine rings is 1. The molecule has 2 heterocycles. The molecular weight excluding hydrogens is 340 g/mol. The van der Waals surface area contributed by atoms with Crippen molar-refractivity contribution in [2.75, 3.05) is 19.7 Å². The van der Waals surface area contributed by atoms with Crippen LogP contribution >= 0.6 is 0 Å². The normalized spacial score (nSPS) is 16.7. The number of nitrogens with one attached hydrogen (secondary N) is 1. The quantitative estimate of drug-likeness (QED) is 0.627. The van der Waals surface area contributed by atoms with Gasteiger partial charge in [-0.2, -0.15) is 0 Å². The number of carboxylic acids is 2. The third-order valence-electron chi connectivity index (χ3n) is 3.33. The molecule has 144 valence electrons. The van der Waals surface area contributed by atoms with Crippen molar-refractivity contribution in [2.24, 2.45) is 5.92 Å². The highest BCUT2D eigenvalue weighted by molar-refractivity contribution is 5.89. The van der Waals surface area contributed by atoms with E-state index in [0.29, 0.717) is 23.9 Å². The van der Waals surface area contributed by atoms with Crippen LogP contribution in [0.25, 0.3) is 0 Å². The van der Waals surface area contributed by atoms with Gasteiger partial charge in [-0.3, -0.25) is 0 Å². The largest absolute Gasteiger partial charge is 0.488 e. The minimum Gasteiger partial charge on any atom is -0.488 e. The first-order valence-corrected chi connectivity index (χ1v) is 8.47. The lowest BCUT2D eigenvalue weighted by Gasteiger charge is -2.23. The summed E-state index contributed by atoms with van der Waals surface area (Å²) in [6, 6.07) is 3.79. The highest BCUT2D eigenvalue weighted by Gasteiger charge is 2.15. The van der Waals surface area contributed by atoms with E-state index in [-0.39, 0.29) is 6.10 Å². The Morgan fingerprint density at radius 2 is 2.04 bits per heavy atom. The van der Waals surface area contributed by atoms with Crippen molar-refractivity contribution < 1.29 is 29.3 Å². The van der Waals surface area contributed by atoms with Gasteiger partial charge in [-0.15, -0.1) is 0 Å². The molecule has 1 aliphatic rings. The van der Waals surface area contributed by atoms with E-state index in [1.807, 2.05) is 26.0 Å². The Bertz CT molecular complexity index is 581. The summed E-state index contributed by atoms with van der Waals surface area (Å²) in [4.78, 5) is 23.3. The van der Waals surface area contributed by atoms with Crippen molar-refractivity contribution in [3.8, 4) is 11.6 Å². The summed E-state index contributed by atoms with van der Waals surface area (Å²) >= 11 is 0.